The molecule has 0 rings (SSSR count). The van der Waals surface area contributed by atoms with Gasteiger partial charge < -0.3 is 25.2 Å². The van der Waals surface area contributed by atoms with Crippen LogP contribution in [0.3, 0.4) is 0 Å². The second kappa shape index (κ2) is 3.95. The van der Waals surface area contributed by atoms with Crippen molar-refractivity contribution in [3.63, 3.8) is 0 Å². The zero-order chi connectivity index (χ0) is 9.94. The molecule has 0 amide bonds. The van der Waals surface area contributed by atoms with E-state index in [1.807, 2.05) is 0 Å². The lowest BCUT2D eigenvalue weighted by atomic mass is 9.94. The fourth-order valence-electron chi connectivity index (χ4n) is 0.679. The molecule has 0 bridgehead atoms. The van der Waals surface area contributed by atoms with E-state index in [0.29, 0.717) is 0 Å². The molecule has 0 aromatic carbocycles. The van der Waals surface area contributed by atoms with Crippen molar-refractivity contribution in [2.45, 2.75) is 37.8 Å². The quantitative estimate of drug-likeness (QED) is 0.375. The number of aliphatic hydroxyl groups excluding tert-OH is 3. The summed E-state index contributed by atoms with van der Waals surface area (Å²) in [5.41, 5.74) is -2.03. The molecule has 4 atom stereocenters. The Morgan fingerprint density at radius 3 is 2.00 bits per heavy atom. The van der Waals surface area contributed by atoms with Gasteiger partial charge in [0, 0.05) is 0 Å². The zero-order valence-electron chi connectivity index (χ0n) is 7.01. The van der Waals surface area contributed by atoms with Gasteiger partial charge in [-0.3, -0.25) is 0 Å². The molecule has 0 aliphatic rings. The molecule has 4 N–H and O–H groups in total. The fraction of sp³-hybridized carbons (Fsp3) is 0.857. The lowest BCUT2D eigenvalue weighted by Gasteiger charge is -2.28. The number of rotatable bonds is 4. The topological polar surface area (TPSA) is 98.0 Å². The monoisotopic (exact) mass is 178 g/mol. The van der Waals surface area contributed by atoms with Gasteiger partial charge in [-0.25, -0.2) is 0 Å². The van der Waals surface area contributed by atoms with Crippen LogP contribution in [0, 0.1) is 0 Å². The van der Waals surface area contributed by atoms with Crippen LogP contribution in [0.1, 0.15) is 13.8 Å². The minimum Gasteiger partial charge on any atom is -0.391 e. The van der Waals surface area contributed by atoms with E-state index in [0.717, 1.165) is 6.92 Å². The molecule has 0 heterocycles. The van der Waals surface area contributed by atoms with Crippen molar-refractivity contribution in [1.82, 2.24) is 0 Å². The average molecular weight is 178 g/mol. The molecular weight excluding hydrogens is 164 g/mol. The number of hydrogen-bond donors (Lipinski definition) is 4. The predicted molar refractivity (Wildman–Crippen MR) is 40.4 cm³/mol. The summed E-state index contributed by atoms with van der Waals surface area (Å²) in [4.78, 5) is 10.2. The van der Waals surface area contributed by atoms with Crippen LogP contribution in [0.5, 0.6) is 0 Å². The molecule has 0 aromatic rings. The van der Waals surface area contributed by atoms with Crippen LogP contribution in [-0.4, -0.2) is 50.6 Å². The SMILES string of the molecule is C[C@H](O)[C@@H](O)[C@@H](O)[C@](C)(O)C=O. The Morgan fingerprint density at radius 1 is 1.33 bits per heavy atom. The van der Waals surface area contributed by atoms with Crippen LogP contribution >= 0.6 is 0 Å². The Bertz CT molecular complexity index is 154. The molecule has 72 valence electrons. The van der Waals surface area contributed by atoms with E-state index >= 15 is 0 Å². The molecule has 0 radical (unpaired) electrons. The molecule has 12 heavy (non-hydrogen) atoms. The van der Waals surface area contributed by atoms with Gasteiger partial charge in [-0.05, 0) is 13.8 Å². The second-order valence-corrected chi connectivity index (χ2v) is 3.02. The van der Waals surface area contributed by atoms with Crippen LogP contribution in [0.25, 0.3) is 0 Å². The smallest absolute Gasteiger partial charge is 0.154 e. The molecular formula is C7H14O5. The van der Waals surface area contributed by atoms with Crippen molar-refractivity contribution in [1.29, 1.82) is 0 Å². The van der Waals surface area contributed by atoms with Gasteiger partial charge in [0.2, 0.25) is 0 Å². The van der Waals surface area contributed by atoms with Crippen LogP contribution in [-0.2, 0) is 4.79 Å². The van der Waals surface area contributed by atoms with Crippen LogP contribution in [0.2, 0.25) is 0 Å². The third kappa shape index (κ3) is 2.53. The molecule has 5 heteroatoms. The van der Waals surface area contributed by atoms with Crippen LogP contribution in [0.15, 0.2) is 0 Å². The van der Waals surface area contributed by atoms with E-state index in [1.54, 1.807) is 0 Å². The first-order chi connectivity index (χ1) is 5.33. The highest BCUT2D eigenvalue weighted by molar-refractivity contribution is 5.62. The summed E-state index contributed by atoms with van der Waals surface area (Å²) in [5.74, 6) is 0. The van der Waals surface area contributed by atoms with Crippen molar-refractivity contribution in [2.75, 3.05) is 0 Å². The zero-order valence-corrected chi connectivity index (χ0v) is 7.01. The van der Waals surface area contributed by atoms with Crippen molar-refractivity contribution in [3.8, 4) is 0 Å². The summed E-state index contributed by atoms with van der Waals surface area (Å²) in [6.45, 7) is 2.30. The van der Waals surface area contributed by atoms with Crippen molar-refractivity contribution < 1.29 is 25.2 Å². The molecule has 0 fully saturated rings. The van der Waals surface area contributed by atoms with Crippen LogP contribution in [0.4, 0.5) is 0 Å². The second-order valence-electron chi connectivity index (χ2n) is 3.02. The summed E-state index contributed by atoms with van der Waals surface area (Å²) in [5, 5.41) is 36.1. The molecule has 5 nitrogen and oxygen atoms in total. The van der Waals surface area contributed by atoms with E-state index in [2.05, 4.69) is 0 Å². The Kier molecular flexibility index (Phi) is 3.79. The number of carbonyl (C=O) groups is 1. The standard InChI is InChI=1S/C7H14O5/c1-4(9)5(10)6(11)7(2,12)3-8/h3-6,9-12H,1-2H3/t4-,5+,6+,7+/m0/s1. The van der Waals surface area contributed by atoms with Crippen molar-refractivity contribution >= 4 is 6.29 Å². The van der Waals surface area contributed by atoms with E-state index in [-0.39, 0.29) is 6.29 Å². The first-order valence-corrected chi connectivity index (χ1v) is 3.56. The number of aliphatic hydroxyl groups is 4. The van der Waals surface area contributed by atoms with E-state index in [1.165, 1.54) is 6.92 Å². The highest BCUT2D eigenvalue weighted by Gasteiger charge is 2.37. The van der Waals surface area contributed by atoms with Gasteiger partial charge in [0.25, 0.3) is 0 Å². The minimum absolute atomic E-state index is 0.114. The third-order valence-corrected chi connectivity index (χ3v) is 1.66. The Labute approximate surface area is 70.3 Å². The van der Waals surface area contributed by atoms with Gasteiger partial charge in [0.05, 0.1) is 6.10 Å². The minimum atomic E-state index is -2.03. The molecule has 0 unspecified atom stereocenters. The molecule has 0 spiro atoms. The van der Waals surface area contributed by atoms with Crippen molar-refractivity contribution in [2.24, 2.45) is 0 Å². The van der Waals surface area contributed by atoms with Gasteiger partial charge in [-0.1, -0.05) is 0 Å². The maximum Gasteiger partial charge on any atom is 0.154 e. The summed E-state index contributed by atoms with van der Waals surface area (Å²) >= 11 is 0. The number of carbonyl (C=O) groups excluding carboxylic acids is 1. The van der Waals surface area contributed by atoms with E-state index in [9.17, 15) is 4.79 Å². The van der Waals surface area contributed by atoms with Gasteiger partial charge in [-0.2, -0.15) is 0 Å². The first-order valence-electron chi connectivity index (χ1n) is 3.56. The molecule has 0 aromatic heterocycles. The molecule has 0 saturated carbocycles. The lowest BCUT2D eigenvalue weighted by molar-refractivity contribution is -0.155. The summed E-state index contributed by atoms with van der Waals surface area (Å²) in [6, 6.07) is 0. The Balaban J connectivity index is 4.37. The van der Waals surface area contributed by atoms with Crippen molar-refractivity contribution in [3.05, 3.63) is 0 Å². The summed E-state index contributed by atoms with van der Waals surface area (Å²) in [6.07, 6.45) is -4.31. The number of aldehydes is 1. The predicted octanol–water partition coefficient (Wildman–Crippen LogP) is -1.96. The van der Waals surface area contributed by atoms with Gasteiger partial charge >= 0.3 is 0 Å². The lowest BCUT2D eigenvalue weighted by Crippen LogP contribution is -2.51. The summed E-state index contributed by atoms with van der Waals surface area (Å²) in [7, 11) is 0. The summed E-state index contributed by atoms with van der Waals surface area (Å²) < 4.78 is 0. The molecule has 0 aliphatic heterocycles. The van der Waals surface area contributed by atoms with E-state index < -0.39 is 23.9 Å². The maximum atomic E-state index is 10.2. The van der Waals surface area contributed by atoms with Crippen LogP contribution < -0.4 is 0 Å². The van der Waals surface area contributed by atoms with E-state index in [4.69, 9.17) is 20.4 Å². The molecule has 0 saturated heterocycles. The van der Waals surface area contributed by atoms with Gasteiger partial charge in [0.1, 0.15) is 17.8 Å². The number of hydrogen-bond acceptors (Lipinski definition) is 5. The molecule has 0 aliphatic carbocycles. The largest absolute Gasteiger partial charge is 0.391 e. The Hall–Kier alpha value is -0.490. The maximum absolute atomic E-state index is 10.2. The third-order valence-electron chi connectivity index (χ3n) is 1.66. The first kappa shape index (κ1) is 11.5. The Morgan fingerprint density at radius 2 is 1.75 bits per heavy atom. The normalized spacial score (nSPS) is 23.8. The van der Waals surface area contributed by atoms with Gasteiger partial charge in [-0.15, -0.1) is 0 Å². The fourth-order valence-corrected chi connectivity index (χ4v) is 0.679. The highest BCUT2D eigenvalue weighted by Crippen LogP contribution is 2.12. The van der Waals surface area contributed by atoms with Gasteiger partial charge in [0.15, 0.2) is 6.29 Å². The average Bonchev–Trinajstić information content (AvgIpc) is 2.01. The highest BCUT2D eigenvalue weighted by atomic mass is 16.4.